The number of β-lactam (4-membered cyclic amide) rings is 1. The lowest BCUT2D eigenvalue weighted by Gasteiger charge is -2.48. The maximum absolute atomic E-state index is 13.6. The standard InChI is InChI=1S/C40H44FNO10/c1-23-9-19-32(20-10-23)42-36(33(40(42)47)8-6-7-28-13-17-31(41)18-14-28)30-15-11-29(12-16-30)21-34-37(49-25(3)44)39(51-27(5)46)38(50-26(4)45)35(52-34)22-48-24(2)43/h9-20,33-39H,6-8,21-22H2,1-5H3/t33-,34+,35-,36-,37+,38+,39-/m1/s1. The smallest absolute Gasteiger partial charge is 0.303 e. The molecule has 0 N–H and O–H groups in total. The Bertz CT molecular complexity index is 1740. The number of rotatable bonds is 13. The number of hydrogen-bond acceptors (Lipinski definition) is 10. The summed E-state index contributed by atoms with van der Waals surface area (Å²) in [5, 5.41) is 0. The van der Waals surface area contributed by atoms with Gasteiger partial charge in [0.25, 0.3) is 0 Å². The summed E-state index contributed by atoms with van der Waals surface area (Å²) in [7, 11) is 0. The van der Waals surface area contributed by atoms with Crippen LogP contribution in [0.4, 0.5) is 10.1 Å². The second-order valence-corrected chi connectivity index (χ2v) is 13.3. The summed E-state index contributed by atoms with van der Waals surface area (Å²) in [6, 6.07) is 21.7. The van der Waals surface area contributed by atoms with Gasteiger partial charge in [-0.15, -0.1) is 0 Å². The van der Waals surface area contributed by atoms with Crippen molar-refractivity contribution in [3.05, 3.63) is 101 Å². The molecular formula is C40H44FNO10. The van der Waals surface area contributed by atoms with Gasteiger partial charge in [-0.25, -0.2) is 4.39 Å². The van der Waals surface area contributed by atoms with Crippen molar-refractivity contribution in [2.24, 2.45) is 5.92 Å². The first kappa shape index (κ1) is 38.1. The summed E-state index contributed by atoms with van der Waals surface area (Å²) in [4.78, 5) is 63.7. The summed E-state index contributed by atoms with van der Waals surface area (Å²) in [6.45, 7) is 6.47. The molecule has 0 spiro atoms. The highest BCUT2D eigenvalue weighted by molar-refractivity contribution is 6.03. The van der Waals surface area contributed by atoms with E-state index in [1.165, 1.54) is 39.8 Å². The molecule has 0 bridgehead atoms. The van der Waals surface area contributed by atoms with Gasteiger partial charge in [-0.05, 0) is 67.1 Å². The van der Waals surface area contributed by atoms with Gasteiger partial charge in [0.05, 0.1) is 12.0 Å². The quantitative estimate of drug-likeness (QED) is 0.126. The average molecular weight is 718 g/mol. The van der Waals surface area contributed by atoms with E-state index < -0.39 is 54.4 Å². The van der Waals surface area contributed by atoms with Crippen LogP contribution < -0.4 is 4.90 Å². The van der Waals surface area contributed by atoms with Crippen molar-refractivity contribution in [1.29, 1.82) is 0 Å². The highest BCUT2D eigenvalue weighted by Gasteiger charge is 2.52. The van der Waals surface area contributed by atoms with Crippen LogP contribution in [0, 0.1) is 18.7 Å². The fraction of sp³-hybridized carbons (Fsp3) is 0.425. The molecule has 1 amide bonds. The number of aryl methyl sites for hydroxylation is 2. The molecule has 2 aliphatic rings. The zero-order chi connectivity index (χ0) is 37.5. The predicted molar refractivity (Wildman–Crippen MR) is 186 cm³/mol. The molecule has 7 atom stereocenters. The number of anilines is 1. The third kappa shape index (κ3) is 9.41. The first-order valence-corrected chi connectivity index (χ1v) is 17.3. The first-order valence-electron chi connectivity index (χ1n) is 17.3. The van der Waals surface area contributed by atoms with Crippen molar-refractivity contribution in [2.45, 2.75) is 96.9 Å². The number of hydrogen-bond donors (Lipinski definition) is 0. The highest BCUT2D eigenvalue weighted by atomic mass is 19.1. The molecule has 12 heteroatoms. The van der Waals surface area contributed by atoms with E-state index in [-0.39, 0.29) is 36.7 Å². The Balaban J connectivity index is 1.39. The minimum absolute atomic E-state index is 0.0366. The summed E-state index contributed by atoms with van der Waals surface area (Å²) < 4.78 is 41.6. The summed E-state index contributed by atoms with van der Waals surface area (Å²) in [5.74, 6) is -3.16. The summed E-state index contributed by atoms with van der Waals surface area (Å²) >= 11 is 0. The minimum Gasteiger partial charge on any atom is -0.463 e. The lowest BCUT2D eigenvalue weighted by atomic mass is 9.78. The van der Waals surface area contributed by atoms with Crippen LogP contribution in [0.3, 0.4) is 0 Å². The van der Waals surface area contributed by atoms with Crippen LogP contribution in [-0.4, -0.2) is 66.9 Å². The van der Waals surface area contributed by atoms with Crippen molar-refractivity contribution < 1.29 is 52.0 Å². The lowest BCUT2D eigenvalue weighted by molar-refractivity contribution is -0.252. The number of ether oxygens (including phenoxy) is 5. The Labute approximate surface area is 302 Å². The van der Waals surface area contributed by atoms with Gasteiger partial charge in [0.2, 0.25) is 5.91 Å². The van der Waals surface area contributed by atoms with Gasteiger partial charge in [0.15, 0.2) is 18.3 Å². The average Bonchev–Trinajstić information content (AvgIpc) is 3.08. The van der Waals surface area contributed by atoms with Crippen molar-refractivity contribution in [3.63, 3.8) is 0 Å². The fourth-order valence-corrected chi connectivity index (χ4v) is 6.95. The second kappa shape index (κ2) is 16.9. The summed E-state index contributed by atoms with van der Waals surface area (Å²) in [6.07, 6.45) is -3.26. The predicted octanol–water partition coefficient (Wildman–Crippen LogP) is 5.53. The first-order chi connectivity index (χ1) is 24.8. The van der Waals surface area contributed by atoms with Crippen LogP contribution in [0.25, 0.3) is 0 Å². The van der Waals surface area contributed by atoms with Gasteiger partial charge in [-0.2, -0.15) is 0 Å². The fourth-order valence-electron chi connectivity index (χ4n) is 6.95. The number of amides is 1. The van der Waals surface area contributed by atoms with E-state index in [2.05, 4.69) is 0 Å². The molecule has 276 valence electrons. The molecule has 3 aromatic rings. The van der Waals surface area contributed by atoms with E-state index in [0.717, 1.165) is 40.8 Å². The lowest BCUT2D eigenvalue weighted by Crippen LogP contribution is -2.62. The van der Waals surface area contributed by atoms with Gasteiger partial charge in [0.1, 0.15) is 24.6 Å². The van der Waals surface area contributed by atoms with Crippen LogP contribution in [0.5, 0.6) is 0 Å². The van der Waals surface area contributed by atoms with E-state index in [1.807, 2.05) is 60.4 Å². The second-order valence-electron chi connectivity index (χ2n) is 13.3. The molecule has 52 heavy (non-hydrogen) atoms. The molecule has 5 rings (SSSR count). The molecule has 2 aliphatic heterocycles. The highest BCUT2D eigenvalue weighted by Crippen LogP contribution is 2.46. The molecule has 2 saturated heterocycles. The Hall–Kier alpha value is -5.10. The van der Waals surface area contributed by atoms with E-state index >= 15 is 0 Å². The topological polar surface area (TPSA) is 135 Å². The van der Waals surface area contributed by atoms with Crippen LogP contribution in [0.2, 0.25) is 0 Å². The Morgan fingerprint density at radius 1 is 0.712 bits per heavy atom. The van der Waals surface area contributed by atoms with Gasteiger partial charge in [-0.1, -0.05) is 54.1 Å². The van der Waals surface area contributed by atoms with Crippen LogP contribution in [0.15, 0.2) is 72.8 Å². The van der Waals surface area contributed by atoms with Gasteiger partial charge < -0.3 is 28.6 Å². The normalized spacial score (nSPS) is 24.0. The maximum Gasteiger partial charge on any atom is 0.303 e. The number of benzene rings is 3. The van der Waals surface area contributed by atoms with Crippen LogP contribution in [-0.2, 0) is 60.5 Å². The number of nitrogens with zero attached hydrogens (tertiary/aromatic N) is 1. The van der Waals surface area contributed by atoms with E-state index in [1.54, 1.807) is 12.1 Å². The molecule has 2 heterocycles. The molecule has 11 nitrogen and oxygen atoms in total. The number of esters is 4. The summed E-state index contributed by atoms with van der Waals surface area (Å²) in [5.41, 5.74) is 4.60. The zero-order valence-electron chi connectivity index (χ0n) is 29.9. The molecular weight excluding hydrogens is 673 g/mol. The van der Waals surface area contributed by atoms with Gasteiger partial charge in [-0.3, -0.25) is 24.0 Å². The van der Waals surface area contributed by atoms with Crippen LogP contribution >= 0.6 is 0 Å². The van der Waals surface area contributed by atoms with Crippen molar-refractivity contribution in [1.82, 2.24) is 0 Å². The molecule has 0 aliphatic carbocycles. The maximum atomic E-state index is 13.6. The zero-order valence-corrected chi connectivity index (χ0v) is 29.9. The minimum atomic E-state index is -1.25. The van der Waals surface area contributed by atoms with Crippen molar-refractivity contribution in [3.8, 4) is 0 Å². The number of halogens is 1. The Kier molecular flexibility index (Phi) is 12.4. The third-order valence-electron chi connectivity index (χ3n) is 9.27. The van der Waals surface area contributed by atoms with E-state index in [0.29, 0.717) is 6.42 Å². The van der Waals surface area contributed by atoms with E-state index in [9.17, 15) is 28.4 Å². The Morgan fingerprint density at radius 2 is 1.27 bits per heavy atom. The SMILES string of the molecule is CC(=O)OC[C@H]1O[C@@H](Cc2ccc([C@@H]3[C@@H](CCCc4ccc(F)cc4)C(=O)N3c3ccc(C)cc3)cc2)[C@H](OC(C)=O)[C@@H](OC(C)=O)[C@H]1OC(C)=O. The molecule has 0 aromatic heterocycles. The molecule has 0 saturated carbocycles. The molecule has 2 fully saturated rings. The largest absolute Gasteiger partial charge is 0.463 e. The third-order valence-corrected chi connectivity index (χ3v) is 9.27. The van der Waals surface area contributed by atoms with Crippen molar-refractivity contribution >= 4 is 35.5 Å². The van der Waals surface area contributed by atoms with E-state index in [4.69, 9.17) is 23.7 Å². The van der Waals surface area contributed by atoms with Crippen LogP contribution in [0.1, 0.15) is 68.8 Å². The number of carbonyl (C=O) groups is 5. The van der Waals surface area contributed by atoms with Gasteiger partial charge >= 0.3 is 23.9 Å². The molecule has 0 unspecified atom stereocenters. The molecule has 0 radical (unpaired) electrons. The van der Waals surface area contributed by atoms with Crippen molar-refractivity contribution in [2.75, 3.05) is 11.5 Å². The number of carbonyl (C=O) groups excluding carboxylic acids is 5. The van der Waals surface area contributed by atoms with Gasteiger partial charge in [0, 0.05) is 39.8 Å². The molecule has 3 aromatic carbocycles. The Morgan fingerprint density at radius 3 is 1.85 bits per heavy atom. The monoisotopic (exact) mass is 717 g/mol.